The number of nitrogens with one attached hydrogen (secondary N) is 1. The maximum absolute atomic E-state index is 12.4. The minimum atomic E-state index is -4.26. The van der Waals surface area contributed by atoms with Crippen LogP contribution in [0, 0.1) is 6.92 Å². The predicted molar refractivity (Wildman–Crippen MR) is 103 cm³/mol. The fourth-order valence-corrected chi connectivity index (χ4v) is 3.00. The predicted octanol–water partition coefficient (Wildman–Crippen LogP) is 5.22. The second-order valence-electron chi connectivity index (χ2n) is 5.65. The number of hydrogen-bond acceptors (Lipinski definition) is 3. The number of anilines is 2. The van der Waals surface area contributed by atoms with E-state index in [0.717, 1.165) is 11.1 Å². The summed E-state index contributed by atoms with van der Waals surface area (Å²) < 4.78 is 37.3. The first-order chi connectivity index (χ1) is 11.7. The number of carbonyl (C=O) groups excluding carboxylic acids is 1. The van der Waals surface area contributed by atoms with Crippen LogP contribution in [-0.4, -0.2) is 17.8 Å². The summed E-state index contributed by atoms with van der Waals surface area (Å²) in [7, 11) is 0. The summed E-state index contributed by atoms with van der Waals surface area (Å²) >= 11 is 0.662. The number of amides is 1. The van der Waals surface area contributed by atoms with Gasteiger partial charge in [-0.3, -0.25) is 4.79 Å². The number of nitrogens with two attached hydrogens (primary N) is 1. The molecule has 0 heterocycles. The number of benzene rings is 2. The molecule has 0 radical (unpaired) electrons. The average molecular weight is 405 g/mol. The molecule has 2 aromatic carbocycles. The second kappa shape index (κ2) is 9.73. The SMILES string of the molecule is Cc1ccc(SCC(F)(F)F)c(NC(=O)CCc2ccccc2N)c1.Cl. The molecule has 0 saturated carbocycles. The largest absolute Gasteiger partial charge is 0.399 e. The number of rotatable bonds is 6. The standard InChI is InChI=1S/C18H19F3N2OS.ClH/c1-12-6-8-16(25-11-18(19,20)21)15(10-12)23-17(24)9-7-13-4-2-3-5-14(13)22;/h2-6,8,10H,7,9,11,22H2,1H3,(H,23,24);1H. The van der Waals surface area contributed by atoms with E-state index in [1.165, 1.54) is 0 Å². The molecule has 0 aliphatic heterocycles. The van der Waals surface area contributed by atoms with Crippen LogP contribution in [0.3, 0.4) is 0 Å². The molecule has 0 spiro atoms. The maximum Gasteiger partial charge on any atom is 0.398 e. The highest BCUT2D eigenvalue weighted by atomic mass is 35.5. The quantitative estimate of drug-likeness (QED) is 0.512. The van der Waals surface area contributed by atoms with Crippen molar-refractivity contribution in [2.45, 2.75) is 30.8 Å². The van der Waals surface area contributed by atoms with Crippen LogP contribution in [-0.2, 0) is 11.2 Å². The van der Waals surface area contributed by atoms with Crippen LogP contribution in [0.5, 0.6) is 0 Å². The van der Waals surface area contributed by atoms with E-state index >= 15 is 0 Å². The summed E-state index contributed by atoms with van der Waals surface area (Å²) in [6.07, 6.45) is -3.59. The van der Waals surface area contributed by atoms with Crippen molar-refractivity contribution in [2.75, 3.05) is 16.8 Å². The zero-order valence-corrected chi connectivity index (χ0v) is 15.7. The van der Waals surface area contributed by atoms with Crippen molar-refractivity contribution < 1.29 is 18.0 Å². The highest BCUT2D eigenvalue weighted by Gasteiger charge is 2.27. The molecule has 0 atom stereocenters. The highest BCUT2D eigenvalue weighted by Crippen LogP contribution is 2.33. The third-order valence-electron chi connectivity index (χ3n) is 3.48. The fraction of sp³-hybridized carbons (Fsp3) is 0.278. The Balaban J connectivity index is 0.00000338. The number of hydrogen-bond donors (Lipinski definition) is 2. The first-order valence-electron chi connectivity index (χ1n) is 7.68. The smallest absolute Gasteiger partial charge is 0.398 e. The Hall–Kier alpha value is -1.86. The molecule has 2 rings (SSSR count). The summed E-state index contributed by atoms with van der Waals surface area (Å²) in [5.74, 6) is -1.26. The molecule has 3 N–H and O–H groups in total. The van der Waals surface area contributed by atoms with Crippen molar-refractivity contribution in [3.8, 4) is 0 Å². The van der Waals surface area contributed by atoms with Crippen molar-refractivity contribution in [1.82, 2.24) is 0 Å². The van der Waals surface area contributed by atoms with E-state index in [1.54, 1.807) is 24.3 Å². The van der Waals surface area contributed by atoms with Gasteiger partial charge in [-0.05, 0) is 42.7 Å². The van der Waals surface area contributed by atoms with Gasteiger partial charge in [0.25, 0.3) is 0 Å². The highest BCUT2D eigenvalue weighted by molar-refractivity contribution is 7.99. The Bertz CT molecular complexity index is 753. The van der Waals surface area contributed by atoms with Crippen molar-refractivity contribution in [2.24, 2.45) is 0 Å². The number of nitrogen functional groups attached to an aromatic ring is 1. The Morgan fingerprint density at radius 1 is 1.19 bits per heavy atom. The van der Waals surface area contributed by atoms with Gasteiger partial charge in [-0.25, -0.2) is 0 Å². The lowest BCUT2D eigenvalue weighted by molar-refractivity contribution is -0.116. The van der Waals surface area contributed by atoms with Gasteiger partial charge >= 0.3 is 6.18 Å². The Labute approximate surface area is 161 Å². The number of aryl methyl sites for hydroxylation is 2. The van der Waals surface area contributed by atoms with Crippen LogP contribution >= 0.6 is 24.2 Å². The van der Waals surface area contributed by atoms with Gasteiger partial charge in [-0.15, -0.1) is 24.2 Å². The summed E-state index contributed by atoms with van der Waals surface area (Å²) in [6, 6.07) is 12.3. The minimum Gasteiger partial charge on any atom is -0.399 e. The Kier molecular flexibility index (Phi) is 8.30. The Morgan fingerprint density at radius 2 is 1.88 bits per heavy atom. The molecule has 1 amide bonds. The van der Waals surface area contributed by atoms with Crippen molar-refractivity contribution >= 4 is 41.5 Å². The third kappa shape index (κ3) is 7.17. The van der Waals surface area contributed by atoms with E-state index < -0.39 is 11.9 Å². The van der Waals surface area contributed by atoms with Crippen molar-refractivity contribution in [3.05, 3.63) is 53.6 Å². The fourth-order valence-electron chi connectivity index (χ4n) is 2.25. The molecule has 3 nitrogen and oxygen atoms in total. The topological polar surface area (TPSA) is 55.1 Å². The van der Waals surface area contributed by atoms with E-state index in [0.29, 0.717) is 34.5 Å². The van der Waals surface area contributed by atoms with Gasteiger partial charge < -0.3 is 11.1 Å². The number of alkyl halides is 3. The third-order valence-corrected chi connectivity index (χ3v) is 4.62. The van der Waals surface area contributed by atoms with E-state index in [1.807, 2.05) is 25.1 Å². The molecule has 0 saturated heterocycles. The van der Waals surface area contributed by atoms with Crippen LogP contribution in [0.15, 0.2) is 47.4 Å². The summed E-state index contributed by atoms with van der Waals surface area (Å²) in [6.45, 7) is 1.82. The monoisotopic (exact) mass is 404 g/mol. The number of thioether (sulfide) groups is 1. The van der Waals surface area contributed by atoms with E-state index in [-0.39, 0.29) is 24.7 Å². The molecular weight excluding hydrogens is 385 g/mol. The van der Waals surface area contributed by atoms with Gasteiger partial charge in [0.1, 0.15) is 0 Å². The zero-order chi connectivity index (χ0) is 18.4. The second-order valence-corrected chi connectivity index (χ2v) is 6.67. The molecule has 26 heavy (non-hydrogen) atoms. The van der Waals surface area contributed by atoms with Gasteiger partial charge in [0.2, 0.25) is 5.91 Å². The van der Waals surface area contributed by atoms with E-state index in [4.69, 9.17) is 5.73 Å². The molecule has 8 heteroatoms. The first-order valence-corrected chi connectivity index (χ1v) is 8.66. The molecule has 0 unspecified atom stereocenters. The first kappa shape index (κ1) is 22.2. The number of carbonyl (C=O) groups is 1. The van der Waals surface area contributed by atoms with E-state index in [2.05, 4.69) is 5.32 Å². The normalized spacial score (nSPS) is 10.9. The van der Waals surface area contributed by atoms with Crippen molar-refractivity contribution in [3.63, 3.8) is 0 Å². The summed E-state index contributed by atoms with van der Waals surface area (Å²) in [5.41, 5.74) is 8.59. The van der Waals surface area contributed by atoms with Crippen LogP contribution in [0.4, 0.5) is 24.5 Å². The number of halogens is 4. The van der Waals surface area contributed by atoms with Crippen molar-refractivity contribution in [1.29, 1.82) is 0 Å². The van der Waals surface area contributed by atoms with E-state index in [9.17, 15) is 18.0 Å². The summed E-state index contributed by atoms with van der Waals surface area (Å²) in [5, 5.41) is 2.71. The lowest BCUT2D eigenvalue weighted by Crippen LogP contribution is -2.14. The molecule has 0 aliphatic rings. The lowest BCUT2D eigenvalue weighted by Gasteiger charge is -2.13. The molecule has 0 fully saturated rings. The van der Waals surface area contributed by atoms with Crippen LogP contribution in [0.2, 0.25) is 0 Å². The molecule has 0 bridgehead atoms. The van der Waals surface area contributed by atoms with Gasteiger partial charge in [-0.2, -0.15) is 13.2 Å². The average Bonchev–Trinajstić information content (AvgIpc) is 2.52. The zero-order valence-electron chi connectivity index (χ0n) is 14.1. The summed E-state index contributed by atoms with van der Waals surface area (Å²) in [4.78, 5) is 12.6. The maximum atomic E-state index is 12.4. The molecular formula is C18H20ClF3N2OS. The molecule has 0 aliphatic carbocycles. The van der Waals surface area contributed by atoms with Crippen LogP contribution < -0.4 is 11.1 Å². The molecule has 0 aromatic heterocycles. The molecule has 2 aromatic rings. The molecule has 142 valence electrons. The Morgan fingerprint density at radius 3 is 2.54 bits per heavy atom. The van der Waals surface area contributed by atoms with Gasteiger partial charge in [0, 0.05) is 17.0 Å². The van der Waals surface area contributed by atoms with Crippen LogP contribution in [0.1, 0.15) is 17.5 Å². The van der Waals surface area contributed by atoms with Gasteiger partial charge in [0.05, 0.1) is 11.4 Å². The van der Waals surface area contributed by atoms with Gasteiger partial charge in [-0.1, -0.05) is 24.3 Å². The lowest BCUT2D eigenvalue weighted by atomic mass is 10.1. The van der Waals surface area contributed by atoms with Gasteiger partial charge in [0.15, 0.2) is 0 Å². The van der Waals surface area contributed by atoms with Crippen LogP contribution in [0.25, 0.3) is 0 Å². The minimum absolute atomic E-state index is 0. The number of para-hydroxylation sites is 1.